The van der Waals surface area contributed by atoms with Crippen LogP contribution in [0.25, 0.3) is 0 Å². The molecule has 1 unspecified atom stereocenters. The number of amides is 1. The van der Waals surface area contributed by atoms with Gasteiger partial charge in [-0.15, -0.1) is 0 Å². The van der Waals surface area contributed by atoms with Gasteiger partial charge < -0.3 is 14.2 Å². The van der Waals surface area contributed by atoms with Crippen molar-refractivity contribution in [3.8, 4) is 0 Å². The van der Waals surface area contributed by atoms with Gasteiger partial charge in [0.2, 0.25) is 5.76 Å². The number of hydrogen-bond donors (Lipinski definition) is 1. The maximum Gasteiger partial charge on any atom is 0.293 e. The predicted octanol–water partition coefficient (Wildman–Crippen LogP) is 1.17. The van der Waals surface area contributed by atoms with Gasteiger partial charge in [-0.25, -0.2) is 0 Å². The van der Waals surface area contributed by atoms with E-state index in [1.165, 1.54) is 0 Å². The highest BCUT2D eigenvalue weighted by Crippen LogP contribution is 2.24. The van der Waals surface area contributed by atoms with Crippen molar-refractivity contribution in [3.63, 3.8) is 0 Å². The number of nitrogens with zero attached hydrogens (tertiary/aromatic N) is 3. The van der Waals surface area contributed by atoms with Crippen LogP contribution in [0.3, 0.4) is 0 Å². The summed E-state index contributed by atoms with van der Waals surface area (Å²) in [4.78, 5) is 14.3. The van der Waals surface area contributed by atoms with Crippen molar-refractivity contribution in [2.24, 2.45) is 0 Å². The van der Waals surface area contributed by atoms with Crippen molar-refractivity contribution in [2.45, 2.75) is 19.4 Å². The summed E-state index contributed by atoms with van der Waals surface area (Å²) in [6.07, 6.45) is 2.40. The third kappa shape index (κ3) is 2.32. The Balaban J connectivity index is 1.84. The van der Waals surface area contributed by atoms with Gasteiger partial charge in [0.15, 0.2) is 0 Å². The van der Waals surface area contributed by atoms with Gasteiger partial charge in [0.05, 0.1) is 30.6 Å². The lowest BCUT2D eigenvalue weighted by molar-refractivity contribution is -0.00584. The number of aromatic nitrogens is 3. The van der Waals surface area contributed by atoms with Crippen LogP contribution in [0.5, 0.6) is 0 Å². The number of hydrogen-bond acceptors (Lipinski definition) is 5. The molecule has 7 heteroatoms. The zero-order chi connectivity index (χ0) is 13.9. The number of nitrogens with one attached hydrogen (secondary N) is 1. The Labute approximate surface area is 115 Å². The molecule has 2 aromatic heterocycles. The highest BCUT2D eigenvalue weighted by molar-refractivity contribution is 5.91. The first-order valence-corrected chi connectivity index (χ1v) is 6.63. The number of carbonyl (C=O) groups is 1. The maximum absolute atomic E-state index is 12.5. The van der Waals surface area contributed by atoms with Gasteiger partial charge >= 0.3 is 0 Å². The van der Waals surface area contributed by atoms with Crippen LogP contribution in [0, 0.1) is 0 Å². The molecule has 3 heterocycles. The summed E-state index contributed by atoms with van der Waals surface area (Å²) in [5.74, 6) is 0.105. The molecule has 0 spiro atoms. The second-order valence-corrected chi connectivity index (χ2v) is 4.64. The van der Waals surface area contributed by atoms with Crippen molar-refractivity contribution >= 4 is 5.91 Å². The van der Waals surface area contributed by atoms with E-state index in [1.807, 2.05) is 13.0 Å². The van der Waals surface area contributed by atoms with Gasteiger partial charge in [-0.3, -0.25) is 9.89 Å². The summed E-state index contributed by atoms with van der Waals surface area (Å²) in [6, 6.07) is 3.37. The Kier molecular flexibility index (Phi) is 3.51. The summed E-state index contributed by atoms with van der Waals surface area (Å²) < 4.78 is 10.6. The number of aryl methyl sites for hydroxylation is 1. The molecule has 1 saturated heterocycles. The smallest absolute Gasteiger partial charge is 0.293 e. The highest BCUT2D eigenvalue weighted by atomic mass is 16.5. The van der Waals surface area contributed by atoms with Crippen molar-refractivity contribution in [1.29, 1.82) is 0 Å². The average Bonchev–Trinajstić information content (AvgIpc) is 3.17. The summed E-state index contributed by atoms with van der Waals surface area (Å²) in [7, 11) is 0. The van der Waals surface area contributed by atoms with Crippen LogP contribution in [0.4, 0.5) is 0 Å². The zero-order valence-electron chi connectivity index (χ0n) is 11.2. The molecular formula is C13H16N4O3. The third-order valence-corrected chi connectivity index (χ3v) is 3.40. The molecule has 0 radical (unpaired) electrons. The zero-order valence-corrected chi connectivity index (χ0v) is 11.2. The summed E-state index contributed by atoms with van der Waals surface area (Å²) >= 11 is 0. The molecule has 20 heavy (non-hydrogen) atoms. The minimum absolute atomic E-state index is 0.167. The molecule has 0 aromatic carbocycles. The van der Waals surface area contributed by atoms with Gasteiger partial charge in [-0.2, -0.15) is 5.10 Å². The standard InChI is InChI=1S/C13H16N4O3/c1-2-9-7-12(20-16-9)13(18)17-5-6-19-8-11(17)10-3-4-14-15-10/h3-4,7,11H,2,5-6,8H2,1H3,(H,14,15). The first-order valence-electron chi connectivity index (χ1n) is 6.63. The Morgan fingerprint density at radius 3 is 3.20 bits per heavy atom. The van der Waals surface area contributed by atoms with E-state index in [0.29, 0.717) is 19.8 Å². The minimum Gasteiger partial charge on any atom is -0.377 e. The third-order valence-electron chi connectivity index (χ3n) is 3.40. The Morgan fingerprint density at radius 2 is 2.50 bits per heavy atom. The van der Waals surface area contributed by atoms with Crippen molar-refractivity contribution in [2.75, 3.05) is 19.8 Å². The van der Waals surface area contributed by atoms with E-state index in [4.69, 9.17) is 9.26 Å². The summed E-state index contributed by atoms with van der Waals surface area (Å²) in [6.45, 7) is 3.45. The first kappa shape index (κ1) is 12.9. The lowest BCUT2D eigenvalue weighted by Gasteiger charge is -2.34. The number of aromatic amines is 1. The number of ether oxygens (including phenoxy) is 1. The van der Waals surface area contributed by atoms with E-state index in [0.717, 1.165) is 17.8 Å². The second kappa shape index (κ2) is 5.46. The highest BCUT2D eigenvalue weighted by Gasteiger charge is 2.32. The van der Waals surface area contributed by atoms with E-state index >= 15 is 0 Å². The Hall–Kier alpha value is -2.15. The van der Waals surface area contributed by atoms with Crippen LogP contribution in [-0.4, -0.2) is 45.9 Å². The van der Waals surface area contributed by atoms with Crippen LogP contribution in [-0.2, 0) is 11.2 Å². The lowest BCUT2D eigenvalue weighted by atomic mass is 10.1. The van der Waals surface area contributed by atoms with E-state index < -0.39 is 0 Å². The molecule has 0 bridgehead atoms. The fraction of sp³-hybridized carbons (Fsp3) is 0.462. The number of carbonyl (C=O) groups excluding carboxylic acids is 1. The molecule has 1 N–H and O–H groups in total. The van der Waals surface area contributed by atoms with E-state index in [1.54, 1.807) is 17.2 Å². The molecule has 1 aliphatic rings. The van der Waals surface area contributed by atoms with Gasteiger partial charge in [0.25, 0.3) is 5.91 Å². The molecule has 7 nitrogen and oxygen atoms in total. The van der Waals surface area contributed by atoms with Crippen LogP contribution in [0.15, 0.2) is 22.9 Å². The van der Waals surface area contributed by atoms with Crippen molar-refractivity contribution < 1.29 is 14.1 Å². The molecule has 1 amide bonds. The molecule has 1 aliphatic heterocycles. The van der Waals surface area contributed by atoms with Crippen molar-refractivity contribution in [1.82, 2.24) is 20.3 Å². The predicted molar refractivity (Wildman–Crippen MR) is 69.1 cm³/mol. The van der Waals surface area contributed by atoms with E-state index in [9.17, 15) is 4.79 Å². The fourth-order valence-electron chi connectivity index (χ4n) is 2.28. The number of rotatable bonds is 3. The molecule has 3 rings (SSSR count). The number of morpholine rings is 1. The molecule has 1 atom stereocenters. The van der Waals surface area contributed by atoms with Crippen LogP contribution < -0.4 is 0 Å². The maximum atomic E-state index is 12.5. The van der Waals surface area contributed by atoms with Gasteiger partial charge in [-0.1, -0.05) is 12.1 Å². The second-order valence-electron chi connectivity index (χ2n) is 4.64. The fourth-order valence-corrected chi connectivity index (χ4v) is 2.28. The minimum atomic E-state index is -0.172. The molecular weight excluding hydrogens is 260 g/mol. The summed E-state index contributed by atoms with van der Waals surface area (Å²) in [5.41, 5.74) is 1.63. The van der Waals surface area contributed by atoms with Gasteiger partial charge in [-0.05, 0) is 12.5 Å². The van der Waals surface area contributed by atoms with Crippen molar-refractivity contribution in [3.05, 3.63) is 35.5 Å². The Bertz CT molecular complexity index is 578. The van der Waals surface area contributed by atoms with Crippen LogP contribution in [0.1, 0.15) is 34.9 Å². The first-order chi connectivity index (χ1) is 9.79. The average molecular weight is 276 g/mol. The van der Waals surface area contributed by atoms with Crippen LogP contribution in [0.2, 0.25) is 0 Å². The van der Waals surface area contributed by atoms with Gasteiger partial charge in [0, 0.05) is 18.8 Å². The summed E-state index contributed by atoms with van der Waals surface area (Å²) in [5, 5.41) is 10.7. The normalized spacial score (nSPS) is 19.2. The van der Waals surface area contributed by atoms with Gasteiger partial charge in [0.1, 0.15) is 0 Å². The molecule has 0 aliphatic carbocycles. The monoisotopic (exact) mass is 276 g/mol. The SMILES string of the molecule is CCc1cc(C(=O)N2CCOCC2c2ccn[nH]2)on1. The topological polar surface area (TPSA) is 84.3 Å². The van der Waals surface area contributed by atoms with E-state index in [2.05, 4.69) is 15.4 Å². The molecule has 2 aromatic rings. The van der Waals surface area contributed by atoms with E-state index in [-0.39, 0.29) is 17.7 Å². The largest absolute Gasteiger partial charge is 0.377 e. The Morgan fingerprint density at radius 1 is 1.60 bits per heavy atom. The lowest BCUT2D eigenvalue weighted by Crippen LogP contribution is -2.43. The quantitative estimate of drug-likeness (QED) is 0.909. The molecule has 0 saturated carbocycles. The molecule has 1 fully saturated rings. The number of H-pyrrole nitrogens is 1. The molecule has 106 valence electrons. The van der Waals surface area contributed by atoms with Crippen LogP contribution >= 0.6 is 0 Å².